The smallest absolute Gasteiger partial charge is 0.394 e. The van der Waals surface area contributed by atoms with Gasteiger partial charge in [-0.25, -0.2) is 8.42 Å². The number of carbonyl (C=O) groups is 2. The number of carboxylic acid groups (broad SMARTS) is 1. The van der Waals surface area contributed by atoms with Crippen LogP contribution in [-0.4, -0.2) is 66.0 Å². The molecule has 0 saturated heterocycles. The molecule has 0 bridgehead atoms. The molecule has 1 heterocycles. The lowest BCUT2D eigenvalue weighted by molar-refractivity contribution is -0.211. The highest BCUT2D eigenvalue weighted by Gasteiger charge is 2.47. The van der Waals surface area contributed by atoms with Crippen LogP contribution in [0.2, 0.25) is 5.02 Å². The fourth-order valence-corrected chi connectivity index (χ4v) is 6.53. The number of benzene rings is 1. The van der Waals surface area contributed by atoms with Crippen molar-refractivity contribution in [3.05, 3.63) is 34.5 Å². The summed E-state index contributed by atoms with van der Waals surface area (Å²) >= 11 is 6.52. The van der Waals surface area contributed by atoms with E-state index in [0.717, 1.165) is 26.2 Å². The van der Waals surface area contributed by atoms with Gasteiger partial charge in [0.2, 0.25) is 0 Å². The van der Waals surface area contributed by atoms with E-state index >= 15 is 0 Å². The molecular weight excluding hydrogens is 625 g/mol. The standard InChI is InChI=1S/C27H33ClF5N3O6S/c1-5-36-21(17-7-6-15(12-18(17)42-24(29)30)13-25(2,3)27(31,32)33)19(28)20(35-36)22(37)34-14-26(23(38)39)10-8-16(9-11-26)43(4,40)41/h6-7,12,16,24H,5,8-11,13-14H2,1-4H3,(H,34,37)(H,38,39)/t16-,26-. The maximum absolute atomic E-state index is 13.4. The van der Waals surface area contributed by atoms with Gasteiger partial charge in [0.15, 0.2) is 5.69 Å². The number of amides is 1. The third-order valence-corrected chi connectivity index (χ3v) is 9.92. The summed E-state index contributed by atoms with van der Waals surface area (Å²) < 4.78 is 96.7. The Kier molecular flexibility index (Phi) is 10.1. The van der Waals surface area contributed by atoms with Gasteiger partial charge >= 0.3 is 18.8 Å². The highest BCUT2D eigenvalue weighted by molar-refractivity contribution is 7.91. The van der Waals surface area contributed by atoms with Gasteiger partial charge in [0, 0.05) is 24.9 Å². The van der Waals surface area contributed by atoms with Crippen LogP contribution >= 0.6 is 11.6 Å². The number of aryl methyl sites for hydroxylation is 1. The van der Waals surface area contributed by atoms with Gasteiger partial charge in [-0.05, 0) is 56.7 Å². The molecule has 1 aromatic carbocycles. The molecule has 1 fully saturated rings. The zero-order valence-electron chi connectivity index (χ0n) is 23.9. The predicted octanol–water partition coefficient (Wildman–Crippen LogP) is 5.74. The Balaban J connectivity index is 1.93. The van der Waals surface area contributed by atoms with Crippen molar-refractivity contribution in [1.29, 1.82) is 0 Å². The molecule has 1 aliphatic carbocycles. The van der Waals surface area contributed by atoms with Crippen molar-refractivity contribution in [2.45, 2.75) is 77.5 Å². The van der Waals surface area contributed by atoms with E-state index in [2.05, 4.69) is 15.2 Å². The topological polar surface area (TPSA) is 128 Å². The first kappa shape index (κ1) is 34.5. The SMILES string of the molecule is CCn1nc(C(=O)NC[C@]2(C(=O)O)CC[C@H](S(C)(=O)=O)CC2)c(Cl)c1-c1ccc(CC(C)(C)C(F)(F)F)cc1OC(F)F. The zero-order valence-corrected chi connectivity index (χ0v) is 25.5. The highest BCUT2D eigenvalue weighted by Crippen LogP contribution is 2.43. The molecule has 240 valence electrons. The van der Waals surface area contributed by atoms with E-state index in [1.807, 2.05) is 0 Å². The van der Waals surface area contributed by atoms with E-state index in [4.69, 9.17) is 11.6 Å². The number of nitrogens with one attached hydrogen (secondary N) is 1. The van der Waals surface area contributed by atoms with Gasteiger partial charge < -0.3 is 15.2 Å². The van der Waals surface area contributed by atoms with E-state index in [0.29, 0.717) is 0 Å². The predicted molar refractivity (Wildman–Crippen MR) is 148 cm³/mol. The van der Waals surface area contributed by atoms with Crippen molar-refractivity contribution in [1.82, 2.24) is 15.1 Å². The molecule has 0 spiro atoms. The van der Waals surface area contributed by atoms with Crippen LogP contribution in [0.4, 0.5) is 22.0 Å². The molecule has 1 aliphatic rings. The van der Waals surface area contributed by atoms with Crippen molar-refractivity contribution in [2.24, 2.45) is 10.8 Å². The highest BCUT2D eigenvalue weighted by atomic mass is 35.5. The normalized spacial score (nSPS) is 19.8. The Morgan fingerprint density at radius 2 is 1.84 bits per heavy atom. The lowest BCUT2D eigenvalue weighted by Gasteiger charge is -2.36. The lowest BCUT2D eigenvalue weighted by atomic mass is 9.74. The molecule has 16 heteroatoms. The number of aliphatic carboxylic acids is 1. The van der Waals surface area contributed by atoms with Crippen LogP contribution in [0.15, 0.2) is 18.2 Å². The van der Waals surface area contributed by atoms with Gasteiger partial charge in [0.05, 0.1) is 26.8 Å². The van der Waals surface area contributed by atoms with Crippen molar-refractivity contribution >= 4 is 33.3 Å². The fraction of sp³-hybridized carbons (Fsp3) is 0.593. The van der Waals surface area contributed by atoms with Crippen LogP contribution in [0.25, 0.3) is 11.3 Å². The van der Waals surface area contributed by atoms with Crippen LogP contribution in [0, 0.1) is 10.8 Å². The van der Waals surface area contributed by atoms with E-state index in [1.165, 1.54) is 16.8 Å². The molecule has 1 amide bonds. The minimum atomic E-state index is -4.56. The average Bonchev–Trinajstić information content (AvgIpc) is 3.21. The number of carboxylic acids is 1. The second-order valence-corrected chi connectivity index (χ2v) is 14.1. The van der Waals surface area contributed by atoms with Crippen LogP contribution in [-0.2, 0) is 27.6 Å². The second kappa shape index (κ2) is 12.6. The number of carbonyl (C=O) groups excluding carboxylic acids is 1. The van der Waals surface area contributed by atoms with Crippen LogP contribution < -0.4 is 10.1 Å². The molecule has 0 atom stereocenters. The monoisotopic (exact) mass is 657 g/mol. The largest absolute Gasteiger partial charge is 0.481 e. The Morgan fingerprint density at radius 3 is 2.33 bits per heavy atom. The molecule has 9 nitrogen and oxygen atoms in total. The summed E-state index contributed by atoms with van der Waals surface area (Å²) in [5.74, 6) is -2.53. The van der Waals surface area contributed by atoms with Gasteiger partial charge in [-0.3, -0.25) is 14.3 Å². The number of ether oxygens (including phenoxy) is 1. The molecule has 3 rings (SSSR count). The Bertz CT molecular complexity index is 1470. The third kappa shape index (κ3) is 7.59. The minimum absolute atomic E-state index is 0.00629. The van der Waals surface area contributed by atoms with Crippen molar-refractivity contribution in [3.8, 4) is 17.0 Å². The summed E-state index contributed by atoms with van der Waals surface area (Å²) in [6.45, 7) is 0.0240. The number of hydrogen-bond donors (Lipinski definition) is 2. The van der Waals surface area contributed by atoms with Gasteiger partial charge in [-0.15, -0.1) is 0 Å². The number of rotatable bonds is 11. The van der Waals surface area contributed by atoms with Crippen molar-refractivity contribution in [2.75, 3.05) is 12.8 Å². The van der Waals surface area contributed by atoms with E-state index in [-0.39, 0.29) is 66.3 Å². The fourth-order valence-electron chi connectivity index (χ4n) is 5.12. The maximum Gasteiger partial charge on any atom is 0.394 e. The second-order valence-electron chi connectivity index (χ2n) is 11.4. The van der Waals surface area contributed by atoms with Gasteiger partial charge in [0.1, 0.15) is 15.6 Å². The first-order chi connectivity index (χ1) is 19.7. The van der Waals surface area contributed by atoms with Crippen LogP contribution in [0.1, 0.15) is 62.5 Å². The quantitative estimate of drug-likeness (QED) is 0.295. The minimum Gasteiger partial charge on any atom is -0.481 e. The van der Waals surface area contributed by atoms with Gasteiger partial charge in [0.25, 0.3) is 5.91 Å². The van der Waals surface area contributed by atoms with Crippen LogP contribution in [0.3, 0.4) is 0 Å². The van der Waals surface area contributed by atoms with Gasteiger partial charge in [-0.1, -0.05) is 31.5 Å². The molecule has 0 radical (unpaired) electrons. The number of halogens is 6. The zero-order chi connectivity index (χ0) is 32.5. The Labute approximate surface area is 250 Å². The van der Waals surface area contributed by atoms with E-state index in [9.17, 15) is 45.1 Å². The molecule has 0 unspecified atom stereocenters. The summed E-state index contributed by atoms with van der Waals surface area (Å²) in [6, 6.07) is 3.63. The number of sulfone groups is 1. The van der Waals surface area contributed by atoms with Crippen molar-refractivity contribution in [3.63, 3.8) is 0 Å². The number of nitrogens with zero attached hydrogens (tertiary/aromatic N) is 2. The molecule has 2 aromatic rings. The molecule has 1 aromatic heterocycles. The van der Waals surface area contributed by atoms with Gasteiger partial charge in [-0.2, -0.15) is 27.1 Å². The number of hydrogen-bond acceptors (Lipinski definition) is 6. The molecule has 2 N–H and O–H groups in total. The number of alkyl halides is 5. The Hall–Kier alpha value is -2.94. The summed E-state index contributed by atoms with van der Waals surface area (Å²) in [4.78, 5) is 25.3. The lowest BCUT2D eigenvalue weighted by Crippen LogP contribution is -2.47. The summed E-state index contributed by atoms with van der Waals surface area (Å²) in [7, 11) is -3.36. The molecular formula is C27H33ClF5N3O6S. The first-order valence-electron chi connectivity index (χ1n) is 13.3. The maximum atomic E-state index is 13.4. The van der Waals surface area contributed by atoms with Crippen molar-refractivity contribution < 1.29 is 49.8 Å². The van der Waals surface area contributed by atoms with E-state index in [1.54, 1.807) is 6.92 Å². The molecule has 1 saturated carbocycles. The summed E-state index contributed by atoms with van der Waals surface area (Å²) in [5.41, 5.74) is -3.90. The first-order valence-corrected chi connectivity index (χ1v) is 15.7. The Morgan fingerprint density at radius 1 is 1.23 bits per heavy atom. The summed E-state index contributed by atoms with van der Waals surface area (Å²) in [5, 5.41) is 15.6. The molecule has 43 heavy (non-hydrogen) atoms. The number of aromatic nitrogens is 2. The average molecular weight is 658 g/mol. The van der Waals surface area contributed by atoms with E-state index < -0.39 is 62.8 Å². The summed E-state index contributed by atoms with van der Waals surface area (Å²) in [6.07, 6.45) is -3.76. The third-order valence-electron chi connectivity index (χ3n) is 7.88. The molecule has 0 aliphatic heterocycles. The van der Waals surface area contributed by atoms with Crippen LogP contribution in [0.5, 0.6) is 5.75 Å².